The van der Waals surface area contributed by atoms with Crippen LogP contribution in [0.25, 0.3) is 0 Å². The zero-order chi connectivity index (χ0) is 15.9. The van der Waals surface area contributed by atoms with Gasteiger partial charge < -0.3 is 20.5 Å². The average Bonchev–Trinajstić information content (AvgIpc) is 2.45. The number of hydrogen-bond acceptors (Lipinski definition) is 3. The molecule has 21 heavy (non-hydrogen) atoms. The minimum absolute atomic E-state index is 0.0577. The van der Waals surface area contributed by atoms with Crippen molar-refractivity contribution in [2.45, 2.75) is 32.9 Å². The summed E-state index contributed by atoms with van der Waals surface area (Å²) in [5.41, 5.74) is 0.812. The summed E-state index contributed by atoms with van der Waals surface area (Å²) in [6, 6.07) is 8.65. The molecule has 1 unspecified atom stereocenters. The highest BCUT2D eigenvalue weighted by molar-refractivity contribution is 5.74. The third kappa shape index (κ3) is 5.73. The average molecular weight is 294 g/mol. The molecule has 0 aliphatic heterocycles. The van der Waals surface area contributed by atoms with Gasteiger partial charge >= 0.3 is 6.03 Å². The standard InChI is InChI=1S/C16H26N2O3/c1-16(2,3)14(21-4)10-17-15(20)18-13(11-19)12-8-6-5-7-9-12/h5-9,13-14,19H,10-11H2,1-4H3,(H2,17,18,20)/t13-,14?/m1/s1. The molecule has 0 spiro atoms. The van der Waals surface area contributed by atoms with E-state index in [1.54, 1.807) is 7.11 Å². The van der Waals surface area contributed by atoms with E-state index < -0.39 is 6.04 Å². The summed E-state index contributed by atoms with van der Waals surface area (Å²) in [6.07, 6.45) is -0.0763. The highest BCUT2D eigenvalue weighted by Gasteiger charge is 2.25. The van der Waals surface area contributed by atoms with Crippen LogP contribution in [0.15, 0.2) is 30.3 Å². The Morgan fingerprint density at radius 3 is 2.38 bits per heavy atom. The predicted molar refractivity (Wildman–Crippen MR) is 83.1 cm³/mol. The van der Waals surface area contributed by atoms with Crippen molar-refractivity contribution in [2.24, 2.45) is 5.41 Å². The van der Waals surface area contributed by atoms with Gasteiger partial charge in [-0.15, -0.1) is 0 Å². The van der Waals surface area contributed by atoms with Crippen molar-refractivity contribution in [2.75, 3.05) is 20.3 Å². The minimum Gasteiger partial charge on any atom is -0.394 e. The molecule has 0 fully saturated rings. The van der Waals surface area contributed by atoms with Gasteiger partial charge in [-0.25, -0.2) is 4.79 Å². The van der Waals surface area contributed by atoms with E-state index in [2.05, 4.69) is 31.4 Å². The Morgan fingerprint density at radius 2 is 1.90 bits per heavy atom. The summed E-state index contributed by atoms with van der Waals surface area (Å²) in [5, 5.41) is 15.0. The van der Waals surface area contributed by atoms with Gasteiger partial charge in [-0.1, -0.05) is 51.1 Å². The van der Waals surface area contributed by atoms with Crippen LogP contribution >= 0.6 is 0 Å². The maximum absolute atomic E-state index is 11.9. The second-order valence-electron chi connectivity index (χ2n) is 6.09. The molecule has 0 radical (unpaired) electrons. The largest absolute Gasteiger partial charge is 0.394 e. The fourth-order valence-electron chi connectivity index (χ4n) is 2.06. The molecular formula is C16H26N2O3. The van der Waals surface area contributed by atoms with E-state index in [0.717, 1.165) is 5.56 Å². The predicted octanol–water partition coefficient (Wildman–Crippen LogP) is 2.08. The second-order valence-corrected chi connectivity index (χ2v) is 6.09. The smallest absolute Gasteiger partial charge is 0.315 e. The number of ether oxygens (including phenoxy) is 1. The molecule has 2 amide bonds. The van der Waals surface area contributed by atoms with E-state index in [9.17, 15) is 9.90 Å². The minimum atomic E-state index is -0.415. The highest BCUT2D eigenvalue weighted by Crippen LogP contribution is 2.21. The molecule has 5 heteroatoms. The maximum Gasteiger partial charge on any atom is 0.315 e. The van der Waals surface area contributed by atoms with Gasteiger partial charge in [-0.05, 0) is 11.0 Å². The van der Waals surface area contributed by atoms with Crippen LogP contribution in [0, 0.1) is 5.41 Å². The Bertz CT molecular complexity index is 429. The first-order valence-electron chi connectivity index (χ1n) is 7.11. The van der Waals surface area contributed by atoms with Gasteiger partial charge in [0.25, 0.3) is 0 Å². The molecule has 1 aromatic rings. The third-order valence-corrected chi connectivity index (χ3v) is 3.39. The quantitative estimate of drug-likeness (QED) is 0.752. The Morgan fingerprint density at radius 1 is 1.29 bits per heavy atom. The van der Waals surface area contributed by atoms with Crippen LogP contribution < -0.4 is 10.6 Å². The lowest BCUT2D eigenvalue weighted by Gasteiger charge is -2.29. The van der Waals surface area contributed by atoms with Crippen molar-refractivity contribution in [3.8, 4) is 0 Å². The Kier molecular flexibility index (Phi) is 6.65. The number of urea groups is 1. The lowest BCUT2D eigenvalue weighted by atomic mass is 9.89. The molecule has 0 heterocycles. The number of aliphatic hydroxyl groups is 1. The summed E-state index contributed by atoms with van der Waals surface area (Å²) in [5.74, 6) is 0. The molecule has 0 aliphatic rings. The van der Waals surface area contributed by atoms with Crippen LogP contribution in [0.5, 0.6) is 0 Å². The molecule has 1 aromatic carbocycles. The molecule has 118 valence electrons. The van der Waals surface area contributed by atoms with E-state index >= 15 is 0 Å². The molecule has 0 aliphatic carbocycles. The van der Waals surface area contributed by atoms with E-state index in [1.165, 1.54) is 0 Å². The SMILES string of the molecule is COC(CNC(=O)N[C@H](CO)c1ccccc1)C(C)(C)C. The van der Waals surface area contributed by atoms with Gasteiger partial charge in [-0.3, -0.25) is 0 Å². The lowest BCUT2D eigenvalue weighted by molar-refractivity contribution is 0.0193. The molecule has 3 N–H and O–H groups in total. The van der Waals surface area contributed by atoms with Crippen molar-refractivity contribution in [3.05, 3.63) is 35.9 Å². The molecule has 5 nitrogen and oxygen atoms in total. The first-order chi connectivity index (χ1) is 9.88. The van der Waals surface area contributed by atoms with E-state index in [0.29, 0.717) is 6.54 Å². The number of carbonyl (C=O) groups is 1. The van der Waals surface area contributed by atoms with Crippen LogP contribution in [-0.2, 0) is 4.74 Å². The number of methoxy groups -OCH3 is 1. The first kappa shape index (κ1) is 17.5. The van der Waals surface area contributed by atoms with Crippen LogP contribution in [0.1, 0.15) is 32.4 Å². The molecule has 1 rings (SSSR count). The van der Waals surface area contributed by atoms with Crippen LogP contribution in [0.2, 0.25) is 0 Å². The summed E-state index contributed by atoms with van der Waals surface area (Å²) >= 11 is 0. The van der Waals surface area contributed by atoms with Gasteiger partial charge in [0.2, 0.25) is 0 Å². The zero-order valence-corrected chi connectivity index (χ0v) is 13.2. The number of hydrogen-bond donors (Lipinski definition) is 3. The Hall–Kier alpha value is -1.59. The molecular weight excluding hydrogens is 268 g/mol. The van der Waals surface area contributed by atoms with Gasteiger partial charge in [-0.2, -0.15) is 0 Å². The van der Waals surface area contributed by atoms with Crippen LogP contribution in [-0.4, -0.2) is 37.5 Å². The number of carbonyl (C=O) groups excluding carboxylic acids is 1. The number of rotatable bonds is 6. The molecule has 0 saturated heterocycles. The topological polar surface area (TPSA) is 70.6 Å². The van der Waals surface area contributed by atoms with E-state index in [4.69, 9.17) is 4.74 Å². The molecule has 0 bridgehead atoms. The number of benzene rings is 1. The van der Waals surface area contributed by atoms with Crippen molar-refractivity contribution < 1.29 is 14.6 Å². The van der Waals surface area contributed by atoms with E-state index in [-0.39, 0.29) is 24.2 Å². The van der Waals surface area contributed by atoms with Gasteiger partial charge in [0.05, 0.1) is 18.8 Å². The van der Waals surface area contributed by atoms with Crippen LogP contribution in [0.4, 0.5) is 4.79 Å². The number of amides is 2. The Balaban J connectivity index is 2.52. The normalized spacial score (nSPS) is 14.3. The lowest BCUT2D eigenvalue weighted by Crippen LogP contribution is -2.45. The summed E-state index contributed by atoms with van der Waals surface area (Å²) in [4.78, 5) is 11.9. The van der Waals surface area contributed by atoms with Crippen molar-refractivity contribution in [3.63, 3.8) is 0 Å². The maximum atomic E-state index is 11.9. The van der Waals surface area contributed by atoms with E-state index in [1.807, 2.05) is 30.3 Å². The van der Waals surface area contributed by atoms with Gasteiger partial charge in [0.15, 0.2) is 0 Å². The number of aliphatic hydroxyl groups excluding tert-OH is 1. The Labute approximate surface area is 126 Å². The fraction of sp³-hybridized carbons (Fsp3) is 0.562. The number of nitrogens with one attached hydrogen (secondary N) is 2. The van der Waals surface area contributed by atoms with Crippen LogP contribution in [0.3, 0.4) is 0 Å². The van der Waals surface area contributed by atoms with Crippen molar-refractivity contribution >= 4 is 6.03 Å². The third-order valence-electron chi connectivity index (χ3n) is 3.39. The van der Waals surface area contributed by atoms with Crippen molar-refractivity contribution in [1.29, 1.82) is 0 Å². The van der Waals surface area contributed by atoms with Crippen molar-refractivity contribution in [1.82, 2.24) is 10.6 Å². The molecule has 0 aromatic heterocycles. The highest BCUT2D eigenvalue weighted by atomic mass is 16.5. The molecule has 2 atom stereocenters. The first-order valence-corrected chi connectivity index (χ1v) is 7.11. The molecule has 0 saturated carbocycles. The van der Waals surface area contributed by atoms with Gasteiger partial charge in [0, 0.05) is 13.7 Å². The summed E-state index contributed by atoms with van der Waals surface area (Å²) in [7, 11) is 1.63. The monoisotopic (exact) mass is 294 g/mol. The fourth-order valence-corrected chi connectivity index (χ4v) is 2.06. The second kappa shape index (κ2) is 8.00. The summed E-state index contributed by atoms with van der Waals surface area (Å²) in [6.45, 7) is 6.44. The summed E-state index contributed by atoms with van der Waals surface area (Å²) < 4.78 is 5.39. The van der Waals surface area contributed by atoms with Gasteiger partial charge in [0.1, 0.15) is 0 Å². The zero-order valence-electron chi connectivity index (χ0n) is 13.2.